The van der Waals surface area contributed by atoms with E-state index in [-0.39, 0.29) is 6.10 Å². The summed E-state index contributed by atoms with van der Waals surface area (Å²) in [7, 11) is 0. The number of hydrogen-bond acceptors (Lipinski definition) is 5. The van der Waals surface area contributed by atoms with E-state index in [1.54, 1.807) is 0 Å². The Morgan fingerprint density at radius 3 is 3.05 bits per heavy atom. The highest BCUT2D eigenvalue weighted by atomic mass is 79.9. The minimum absolute atomic E-state index is 0.149. The van der Waals surface area contributed by atoms with Crippen LogP contribution >= 0.6 is 15.9 Å². The van der Waals surface area contributed by atoms with Crippen molar-refractivity contribution in [3.05, 3.63) is 34.1 Å². The van der Waals surface area contributed by atoms with Gasteiger partial charge in [-0.25, -0.2) is 0 Å². The van der Waals surface area contributed by atoms with Crippen LogP contribution < -0.4 is 5.32 Å². The van der Waals surface area contributed by atoms with Crippen molar-refractivity contribution in [1.82, 2.24) is 15.5 Å². The summed E-state index contributed by atoms with van der Waals surface area (Å²) in [6, 6.07) is 5.99. The molecule has 1 aromatic carbocycles. The molecule has 1 aliphatic rings. The molecule has 0 saturated carbocycles. The van der Waals surface area contributed by atoms with Gasteiger partial charge >= 0.3 is 0 Å². The van der Waals surface area contributed by atoms with Crippen LogP contribution in [0.5, 0.6) is 0 Å². The van der Waals surface area contributed by atoms with Crippen molar-refractivity contribution in [3.63, 3.8) is 0 Å². The quantitative estimate of drug-likeness (QED) is 0.920. The maximum absolute atomic E-state index is 5.59. The van der Waals surface area contributed by atoms with Crippen molar-refractivity contribution in [2.24, 2.45) is 0 Å². The topological polar surface area (TPSA) is 60.2 Å². The number of nitrogens with one attached hydrogen (secondary N) is 1. The predicted octanol–water partition coefficient (Wildman–Crippen LogP) is 2.47. The molecule has 1 fully saturated rings. The van der Waals surface area contributed by atoms with Gasteiger partial charge in [-0.1, -0.05) is 33.2 Å². The van der Waals surface area contributed by atoms with Crippen LogP contribution in [-0.2, 0) is 4.74 Å². The average molecular weight is 324 g/mol. The SMILES string of the molecule is Cc1ccc(-c2noc(C3CNCCO3)n2)cc1Br. The molecule has 1 unspecified atom stereocenters. The molecule has 0 aliphatic carbocycles. The lowest BCUT2D eigenvalue weighted by molar-refractivity contribution is 0.00755. The fraction of sp³-hybridized carbons (Fsp3) is 0.385. The number of benzene rings is 1. The van der Waals surface area contributed by atoms with Gasteiger partial charge in [0.15, 0.2) is 0 Å². The van der Waals surface area contributed by atoms with E-state index in [0.29, 0.717) is 24.9 Å². The van der Waals surface area contributed by atoms with Gasteiger partial charge in [-0.15, -0.1) is 0 Å². The molecule has 2 aromatic rings. The highest BCUT2D eigenvalue weighted by Crippen LogP contribution is 2.25. The third-order valence-corrected chi connectivity index (χ3v) is 3.93. The smallest absolute Gasteiger partial charge is 0.257 e. The maximum Gasteiger partial charge on any atom is 0.257 e. The lowest BCUT2D eigenvalue weighted by Gasteiger charge is -2.19. The van der Waals surface area contributed by atoms with Crippen molar-refractivity contribution in [1.29, 1.82) is 0 Å². The summed E-state index contributed by atoms with van der Waals surface area (Å²) in [6.45, 7) is 4.27. The minimum Gasteiger partial charge on any atom is -0.366 e. The largest absolute Gasteiger partial charge is 0.366 e. The maximum atomic E-state index is 5.59. The highest BCUT2D eigenvalue weighted by Gasteiger charge is 2.22. The van der Waals surface area contributed by atoms with E-state index in [2.05, 4.69) is 31.4 Å². The van der Waals surface area contributed by atoms with Gasteiger partial charge in [-0.05, 0) is 18.6 Å². The monoisotopic (exact) mass is 323 g/mol. The van der Waals surface area contributed by atoms with Crippen LogP contribution in [0.4, 0.5) is 0 Å². The lowest BCUT2D eigenvalue weighted by Crippen LogP contribution is -2.33. The number of ether oxygens (including phenoxy) is 1. The summed E-state index contributed by atoms with van der Waals surface area (Å²) in [6.07, 6.45) is -0.149. The molecule has 1 aromatic heterocycles. The second-order valence-corrected chi connectivity index (χ2v) is 5.34. The summed E-state index contributed by atoms with van der Waals surface area (Å²) >= 11 is 3.51. The van der Waals surface area contributed by atoms with Gasteiger partial charge in [0.05, 0.1) is 6.61 Å². The molecule has 0 spiro atoms. The van der Waals surface area contributed by atoms with Crippen molar-refractivity contribution >= 4 is 15.9 Å². The number of morpholine rings is 1. The van der Waals surface area contributed by atoms with Crippen LogP contribution in [0.15, 0.2) is 27.2 Å². The number of rotatable bonds is 2. The Morgan fingerprint density at radius 1 is 1.42 bits per heavy atom. The second kappa shape index (κ2) is 5.40. The molecule has 100 valence electrons. The molecule has 5 nitrogen and oxygen atoms in total. The van der Waals surface area contributed by atoms with E-state index >= 15 is 0 Å². The molecular weight excluding hydrogens is 310 g/mol. The van der Waals surface area contributed by atoms with E-state index < -0.39 is 0 Å². The summed E-state index contributed by atoms with van der Waals surface area (Å²) in [5.74, 6) is 1.11. The highest BCUT2D eigenvalue weighted by molar-refractivity contribution is 9.10. The molecule has 1 aliphatic heterocycles. The summed E-state index contributed by atoms with van der Waals surface area (Å²) in [4.78, 5) is 4.41. The second-order valence-electron chi connectivity index (χ2n) is 4.48. The number of hydrogen-bond donors (Lipinski definition) is 1. The van der Waals surface area contributed by atoms with E-state index in [9.17, 15) is 0 Å². The molecule has 1 atom stereocenters. The van der Waals surface area contributed by atoms with Crippen molar-refractivity contribution < 1.29 is 9.26 Å². The van der Waals surface area contributed by atoms with Gasteiger partial charge in [0, 0.05) is 23.1 Å². The van der Waals surface area contributed by atoms with E-state index in [1.165, 1.54) is 5.56 Å². The minimum atomic E-state index is -0.149. The van der Waals surface area contributed by atoms with Crippen molar-refractivity contribution in [2.75, 3.05) is 19.7 Å². The Kier molecular flexibility index (Phi) is 3.63. The van der Waals surface area contributed by atoms with Gasteiger partial charge in [0.1, 0.15) is 6.10 Å². The molecule has 19 heavy (non-hydrogen) atoms. The first-order valence-electron chi connectivity index (χ1n) is 6.16. The molecule has 1 N–H and O–H groups in total. The molecule has 1 saturated heterocycles. The van der Waals surface area contributed by atoms with Gasteiger partial charge in [-0.3, -0.25) is 0 Å². The molecule has 3 rings (SSSR count). The summed E-state index contributed by atoms with van der Waals surface area (Å²) in [5.41, 5.74) is 2.10. The number of halogens is 1. The first-order chi connectivity index (χ1) is 9.24. The summed E-state index contributed by atoms with van der Waals surface area (Å²) in [5, 5.41) is 7.26. The molecule has 0 radical (unpaired) electrons. The van der Waals surface area contributed by atoms with Crippen LogP contribution in [0.3, 0.4) is 0 Å². The van der Waals surface area contributed by atoms with Gasteiger partial charge < -0.3 is 14.6 Å². The third kappa shape index (κ3) is 2.70. The Balaban J connectivity index is 1.85. The van der Waals surface area contributed by atoms with Crippen molar-refractivity contribution in [3.8, 4) is 11.4 Å². The summed E-state index contributed by atoms with van der Waals surface area (Å²) < 4.78 is 11.9. The molecule has 2 heterocycles. The standard InChI is InChI=1S/C13H14BrN3O2/c1-8-2-3-9(6-10(8)14)12-16-13(19-17-12)11-7-15-4-5-18-11/h2-3,6,11,15H,4-5,7H2,1H3. The van der Waals surface area contributed by atoms with Gasteiger partial charge in [-0.2, -0.15) is 4.98 Å². The van der Waals surface area contributed by atoms with Crippen molar-refractivity contribution in [2.45, 2.75) is 13.0 Å². The molecule has 0 amide bonds. The van der Waals surface area contributed by atoms with E-state index in [0.717, 1.165) is 16.6 Å². The fourth-order valence-electron chi connectivity index (χ4n) is 1.94. The third-order valence-electron chi connectivity index (χ3n) is 3.07. The molecular formula is C13H14BrN3O2. The molecule has 0 bridgehead atoms. The number of aryl methyl sites for hydroxylation is 1. The zero-order valence-electron chi connectivity index (χ0n) is 10.5. The zero-order chi connectivity index (χ0) is 13.2. The van der Waals surface area contributed by atoms with E-state index in [1.807, 2.05) is 25.1 Å². The van der Waals surface area contributed by atoms with Crippen LogP contribution in [-0.4, -0.2) is 29.8 Å². The number of aromatic nitrogens is 2. The average Bonchev–Trinajstić information content (AvgIpc) is 2.93. The normalized spacial score (nSPS) is 19.6. The van der Waals surface area contributed by atoms with Gasteiger partial charge in [0.2, 0.25) is 5.82 Å². The first-order valence-corrected chi connectivity index (χ1v) is 6.96. The predicted molar refractivity (Wildman–Crippen MR) is 73.7 cm³/mol. The number of nitrogens with zero attached hydrogens (tertiary/aromatic N) is 2. The van der Waals surface area contributed by atoms with Crippen LogP contribution in [0.2, 0.25) is 0 Å². The Hall–Kier alpha value is -1.24. The Bertz CT molecular complexity index is 579. The van der Waals surface area contributed by atoms with Crippen LogP contribution in [0, 0.1) is 6.92 Å². The molecule has 6 heteroatoms. The first kappa shape index (κ1) is 12.8. The van der Waals surface area contributed by atoms with Crippen LogP contribution in [0.25, 0.3) is 11.4 Å². The lowest BCUT2D eigenvalue weighted by atomic mass is 10.1. The van der Waals surface area contributed by atoms with Crippen LogP contribution in [0.1, 0.15) is 17.6 Å². The van der Waals surface area contributed by atoms with Gasteiger partial charge in [0.25, 0.3) is 5.89 Å². The Morgan fingerprint density at radius 2 is 2.32 bits per heavy atom. The Labute approximate surface area is 119 Å². The zero-order valence-corrected chi connectivity index (χ0v) is 12.1. The van der Waals surface area contributed by atoms with E-state index in [4.69, 9.17) is 9.26 Å². The fourth-order valence-corrected chi connectivity index (χ4v) is 2.32.